The van der Waals surface area contributed by atoms with Crippen LogP contribution in [0.2, 0.25) is 10.0 Å². The Morgan fingerprint density at radius 3 is 2.38 bits per heavy atom. The molecule has 1 unspecified atom stereocenters. The summed E-state index contributed by atoms with van der Waals surface area (Å²) < 4.78 is 10.6. The zero-order chi connectivity index (χ0) is 24.6. The van der Waals surface area contributed by atoms with Gasteiger partial charge in [-0.3, -0.25) is 19.5 Å². The first-order valence-electron chi connectivity index (χ1n) is 10.2. The van der Waals surface area contributed by atoms with Gasteiger partial charge in [0.1, 0.15) is 23.3 Å². The second kappa shape index (κ2) is 9.37. The number of carbonyl (C=O) groups excluding carboxylic acids is 2. The Kier molecular flexibility index (Phi) is 6.50. The molecular weight excluding hydrogens is 479 g/mol. The number of halogens is 2. The maximum atomic E-state index is 13.3. The molecule has 1 aliphatic heterocycles. The minimum absolute atomic E-state index is 0.134. The lowest BCUT2D eigenvalue weighted by molar-refractivity contribution is -0.132. The fraction of sp³-hybridized carbons (Fsp3) is 0.160. The monoisotopic (exact) mass is 498 g/mol. The van der Waals surface area contributed by atoms with E-state index in [-0.39, 0.29) is 21.9 Å². The number of benzene rings is 2. The predicted molar refractivity (Wildman–Crippen MR) is 130 cm³/mol. The van der Waals surface area contributed by atoms with Crippen molar-refractivity contribution in [3.8, 4) is 11.5 Å². The van der Waals surface area contributed by atoms with E-state index < -0.39 is 23.5 Å². The lowest BCUT2D eigenvalue weighted by Crippen LogP contribution is -2.30. The number of aliphatic hydroxyl groups excluding tert-OH is 1. The highest BCUT2D eigenvalue weighted by Crippen LogP contribution is 2.45. The fourth-order valence-corrected chi connectivity index (χ4v) is 4.36. The summed E-state index contributed by atoms with van der Waals surface area (Å²) in [5, 5.41) is 12.0. The van der Waals surface area contributed by atoms with Crippen molar-refractivity contribution in [2.24, 2.45) is 0 Å². The molecule has 0 bridgehead atoms. The Bertz CT molecular complexity index is 1320. The number of hydrogen-bond acceptors (Lipinski definition) is 6. The summed E-state index contributed by atoms with van der Waals surface area (Å²) in [4.78, 5) is 32.3. The molecule has 174 valence electrons. The van der Waals surface area contributed by atoms with Gasteiger partial charge in [-0.25, -0.2) is 0 Å². The zero-order valence-electron chi connectivity index (χ0n) is 18.5. The van der Waals surface area contributed by atoms with Crippen molar-refractivity contribution in [2.45, 2.75) is 13.0 Å². The van der Waals surface area contributed by atoms with Gasteiger partial charge in [-0.1, -0.05) is 35.3 Å². The van der Waals surface area contributed by atoms with Crippen LogP contribution >= 0.6 is 23.2 Å². The number of nitrogens with zero attached hydrogens (tertiary/aromatic N) is 2. The van der Waals surface area contributed by atoms with E-state index in [1.807, 2.05) is 0 Å². The highest BCUT2D eigenvalue weighted by molar-refractivity contribution is 6.52. The average Bonchev–Trinajstić information content (AvgIpc) is 3.11. The maximum Gasteiger partial charge on any atom is 0.300 e. The van der Waals surface area contributed by atoms with Crippen LogP contribution in [0.1, 0.15) is 22.9 Å². The first kappa shape index (κ1) is 23.6. The molecule has 1 aliphatic rings. The van der Waals surface area contributed by atoms with Gasteiger partial charge in [0.05, 0.1) is 36.1 Å². The number of pyridine rings is 1. The number of anilines is 1. The van der Waals surface area contributed by atoms with E-state index >= 15 is 0 Å². The van der Waals surface area contributed by atoms with Crippen LogP contribution in [-0.4, -0.2) is 36.0 Å². The molecule has 2 heterocycles. The highest BCUT2D eigenvalue weighted by Gasteiger charge is 2.48. The largest absolute Gasteiger partial charge is 0.507 e. The van der Waals surface area contributed by atoms with Crippen molar-refractivity contribution in [1.29, 1.82) is 0 Å². The summed E-state index contributed by atoms with van der Waals surface area (Å²) in [6.07, 6.45) is 1.55. The number of ether oxygens (including phenoxy) is 2. The Balaban J connectivity index is 2.01. The Morgan fingerprint density at radius 1 is 1.00 bits per heavy atom. The van der Waals surface area contributed by atoms with E-state index in [1.165, 1.54) is 31.3 Å². The number of carbonyl (C=O) groups is 2. The Morgan fingerprint density at radius 2 is 1.74 bits per heavy atom. The third-order valence-electron chi connectivity index (χ3n) is 5.64. The van der Waals surface area contributed by atoms with Crippen LogP contribution in [0.4, 0.5) is 5.69 Å². The second-order valence-corrected chi connectivity index (χ2v) is 8.31. The molecule has 0 aliphatic carbocycles. The molecule has 1 saturated heterocycles. The first-order valence-corrected chi connectivity index (χ1v) is 10.9. The van der Waals surface area contributed by atoms with Crippen LogP contribution in [0, 0.1) is 6.92 Å². The molecule has 7 nitrogen and oxygen atoms in total. The molecule has 0 spiro atoms. The van der Waals surface area contributed by atoms with Gasteiger partial charge in [-0.2, -0.15) is 0 Å². The highest BCUT2D eigenvalue weighted by atomic mass is 35.5. The van der Waals surface area contributed by atoms with Gasteiger partial charge in [0.2, 0.25) is 0 Å². The molecule has 0 saturated carbocycles. The van der Waals surface area contributed by atoms with Gasteiger partial charge in [0.25, 0.3) is 11.7 Å². The van der Waals surface area contributed by atoms with Crippen molar-refractivity contribution in [3.63, 3.8) is 0 Å². The molecule has 4 rings (SSSR count). The van der Waals surface area contributed by atoms with Gasteiger partial charge in [-0.05, 0) is 42.8 Å². The number of rotatable bonds is 5. The maximum absolute atomic E-state index is 13.3. The van der Waals surface area contributed by atoms with Gasteiger partial charge in [-0.15, -0.1) is 0 Å². The quantitative estimate of drug-likeness (QED) is 0.290. The predicted octanol–water partition coefficient (Wildman–Crippen LogP) is 5.34. The number of aliphatic hydroxyl groups is 1. The fourth-order valence-electron chi connectivity index (χ4n) is 3.95. The normalized spacial score (nSPS) is 17.2. The Hall–Kier alpha value is -3.55. The smallest absolute Gasteiger partial charge is 0.300 e. The molecular formula is C25H20Cl2N2O5. The van der Waals surface area contributed by atoms with E-state index in [4.69, 9.17) is 32.7 Å². The molecule has 1 amide bonds. The molecule has 1 atom stereocenters. The molecule has 1 N–H and O–H groups in total. The van der Waals surface area contributed by atoms with Crippen molar-refractivity contribution in [1.82, 2.24) is 4.98 Å². The molecule has 2 aromatic carbocycles. The summed E-state index contributed by atoms with van der Waals surface area (Å²) in [5.41, 5.74) is 1.42. The molecule has 9 heteroatoms. The summed E-state index contributed by atoms with van der Waals surface area (Å²) in [6, 6.07) is 12.1. The minimum atomic E-state index is -1.01. The third kappa shape index (κ3) is 3.87. The van der Waals surface area contributed by atoms with Gasteiger partial charge in [0, 0.05) is 23.0 Å². The van der Waals surface area contributed by atoms with Gasteiger partial charge >= 0.3 is 0 Å². The Labute approximate surface area is 206 Å². The van der Waals surface area contributed by atoms with Crippen molar-refractivity contribution in [3.05, 3.63) is 87.2 Å². The average molecular weight is 499 g/mol. The summed E-state index contributed by atoms with van der Waals surface area (Å²) in [6.45, 7) is 1.75. The zero-order valence-corrected chi connectivity index (χ0v) is 20.0. The molecule has 0 radical (unpaired) electrons. The number of hydrogen-bond donors (Lipinski definition) is 1. The number of aromatic nitrogens is 1. The molecule has 1 aromatic heterocycles. The van der Waals surface area contributed by atoms with E-state index in [1.54, 1.807) is 49.5 Å². The van der Waals surface area contributed by atoms with Gasteiger partial charge < -0.3 is 14.6 Å². The van der Waals surface area contributed by atoms with Crippen LogP contribution in [0.25, 0.3) is 5.76 Å². The molecule has 34 heavy (non-hydrogen) atoms. The van der Waals surface area contributed by atoms with E-state index in [0.717, 1.165) is 0 Å². The van der Waals surface area contributed by atoms with Crippen molar-refractivity contribution < 1.29 is 24.2 Å². The third-order valence-corrected chi connectivity index (χ3v) is 6.34. The topological polar surface area (TPSA) is 89.0 Å². The van der Waals surface area contributed by atoms with Gasteiger partial charge in [0.15, 0.2) is 0 Å². The van der Waals surface area contributed by atoms with Crippen LogP contribution in [0.5, 0.6) is 11.5 Å². The van der Waals surface area contributed by atoms with Crippen LogP contribution in [0.15, 0.2) is 60.3 Å². The van der Waals surface area contributed by atoms with Crippen LogP contribution in [0.3, 0.4) is 0 Å². The lowest BCUT2D eigenvalue weighted by atomic mass is 9.97. The molecule has 3 aromatic rings. The number of methoxy groups -OCH3 is 2. The first-order chi connectivity index (χ1) is 16.3. The lowest BCUT2D eigenvalue weighted by Gasteiger charge is -2.26. The van der Waals surface area contributed by atoms with Crippen LogP contribution in [-0.2, 0) is 9.59 Å². The summed E-state index contributed by atoms with van der Waals surface area (Å²) in [5.74, 6) is -1.60. The summed E-state index contributed by atoms with van der Waals surface area (Å²) in [7, 11) is 2.85. The standard InChI is InChI=1S/C25H20Cl2N2O5/c1-13-15(26)7-6-9-18(13)29-22(17-8-4-5-10-28-17)21(24(31)25(29)32)23(30)14-11-16(27)20(34-3)12-19(14)33-2/h4-12,22,30H,1-3H3/b23-21+. The number of Topliss-reactive ketones (excluding diaryl/α,β-unsaturated/α-hetero) is 1. The molecule has 1 fully saturated rings. The number of ketones is 1. The minimum Gasteiger partial charge on any atom is -0.507 e. The number of amides is 1. The SMILES string of the molecule is COc1cc(OC)c(/C(O)=C2\C(=O)C(=O)N(c3cccc(Cl)c3C)C2c2ccccn2)cc1Cl. The van der Waals surface area contributed by atoms with E-state index in [0.29, 0.717) is 27.7 Å². The van der Waals surface area contributed by atoms with Crippen molar-refractivity contribution >= 4 is 46.3 Å². The summed E-state index contributed by atoms with van der Waals surface area (Å²) >= 11 is 12.6. The van der Waals surface area contributed by atoms with E-state index in [2.05, 4.69) is 4.98 Å². The van der Waals surface area contributed by atoms with Crippen molar-refractivity contribution in [2.75, 3.05) is 19.1 Å². The second-order valence-electron chi connectivity index (χ2n) is 7.49. The van der Waals surface area contributed by atoms with E-state index in [9.17, 15) is 14.7 Å². The van der Waals surface area contributed by atoms with Crippen LogP contribution < -0.4 is 14.4 Å².